The number of aryl methyl sites for hydroxylation is 2. The van der Waals surface area contributed by atoms with Gasteiger partial charge in [0, 0.05) is 36.6 Å². The van der Waals surface area contributed by atoms with Gasteiger partial charge in [0.1, 0.15) is 13.9 Å². The van der Waals surface area contributed by atoms with Gasteiger partial charge < -0.3 is 16.1 Å². The Kier molecular flexibility index (Phi) is 7.70. The zero-order valence-electron chi connectivity index (χ0n) is 23.4. The molecule has 1 atom stereocenters. The second-order valence-electron chi connectivity index (χ2n) is 11.4. The van der Waals surface area contributed by atoms with E-state index in [2.05, 4.69) is 124 Å². The van der Waals surface area contributed by atoms with E-state index in [9.17, 15) is 5.26 Å². The Bertz CT molecular complexity index is 1420. The van der Waals surface area contributed by atoms with Crippen LogP contribution in [0.25, 0.3) is 10.9 Å². The highest BCUT2D eigenvalue weighted by molar-refractivity contribution is 6.20. The zero-order chi connectivity index (χ0) is 27.5. The molecule has 1 aromatic heterocycles. The molecular formula is C30H38BN7. The number of hydrogen-bond donors (Lipinski definition) is 4. The van der Waals surface area contributed by atoms with Crippen LogP contribution in [-0.2, 0) is 5.44 Å². The van der Waals surface area contributed by atoms with Crippen molar-refractivity contribution >= 4 is 30.1 Å². The van der Waals surface area contributed by atoms with Gasteiger partial charge >= 0.3 is 0 Å². The molecule has 3 aromatic rings. The van der Waals surface area contributed by atoms with Gasteiger partial charge in [-0.2, -0.15) is 5.26 Å². The summed E-state index contributed by atoms with van der Waals surface area (Å²) < 4.78 is 0. The third-order valence-corrected chi connectivity index (χ3v) is 6.89. The van der Waals surface area contributed by atoms with Gasteiger partial charge in [-0.1, -0.05) is 51.1 Å². The molecule has 0 bridgehead atoms. The van der Waals surface area contributed by atoms with Crippen molar-refractivity contribution in [3.63, 3.8) is 0 Å². The van der Waals surface area contributed by atoms with Crippen molar-refractivity contribution in [3.05, 3.63) is 89.4 Å². The quantitative estimate of drug-likeness (QED) is 0.244. The molecule has 38 heavy (non-hydrogen) atoms. The molecule has 0 fully saturated rings. The van der Waals surface area contributed by atoms with Crippen LogP contribution in [0.1, 0.15) is 49.4 Å². The van der Waals surface area contributed by atoms with Crippen molar-refractivity contribution in [2.75, 3.05) is 23.7 Å². The smallest absolute Gasteiger partial charge is 0.148 e. The summed E-state index contributed by atoms with van der Waals surface area (Å²) in [5, 5.41) is 20.2. The monoisotopic (exact) mass is 507 g/mol. The summed E-state index contributed by atoms with van der Waals surface area (Å²) in [7, 11) is 2.19. The lowest BCUT2D eigenvalue weighted by atomic mass is 9.68. The van der Waals surface area contributed by atoms with Crippen LogP contribution < -0.4 is 21.6 Å². The largest absolute Gasteiger partial charge is 0.383 e. The highest BCUT2D eigenvalue weighted by Crippen LogP contribution is 2.36. The highest BCUT2D eigenvalue weighted by atomic mass is 15.7. The Morgan fingerprint density at radius 2 is 1.95 bits per heavy atom. The van der Waals surface area contributed by atoms with Crippen LogP contribution in [-0.4, -0.2) is 30.9 Å². The van der Waals surface area contributed by atoms with E-state index in [1.165, 1.54) is 11.1 Å². The second-order valence-corrected chi connectivity index (χ2v) is 11.4. The zero-order valence-corrected chi connectivity index (χ0v) is 23.4. The maximum atomic E-state index is 9.86. The Balaban J connectivity index is 1.83. The number of pyridine rings is 1. The lowest BCUT2D eigenvalue weighted by molar-refractivity contribution is 0.274. The molecular weight excluding hydrogens is 469 g/mol. The number of fused-ring (bicyclic) bond motifs is 1. The number of rotatable bonds is 9. The van der Waals surface area contributed by atoms with E-state index in [0.29, 0.717) is 5.56 Å². The number of hydrogen-bond acceptors (Lipinski definition) is 7. The van der Waals surface area contributed by atoms with Crippen molar-refractivity contribution in [3.8, 4) is 6.07 Å². The van der Waals surface area contributed by atoms with Gasteiger partial charge in [-0.3, -0.25) is 9.99 Å². The molecule has 0 amide bonds. The van der Waals surface area contributed by atoms with Crippen LogP contribution in [0.15, 0.2) is 67.1 Å². The Morgan fingerprint density at radius 1 is 1.18 bits per heavy atom. The van der Waals surface area contributed by atoms with Crippen molar-refractivity contribution in [1.29, 1.82) is 5.26 Å². The number of nitriles is 1. The normalized spacial score (nSPS) is 14.8. The van der Waals surface area contributed by atoms with Crippen LogP contribution in [0.4, 0.5) is 11.4 Å². The fourth-order valence-corrected chi connectivity index (χ4v) is 4.84. The van der Waals surface area contributed by atoms with E-state index in [1.807, 2.05) is 11.1 Å². The first-order valence-corrected chi connectivity index (χ1v) is 13.1. The maximum Gasteiger partial charge on any atom is 0.148 e. The fourth-order valence-electron chi connectivity index (χ4n) is 4.84. The van der Waals surface area contributed by atoms with Crippen molar-refractivity contribution in [2.45, 2.75) is 46.5 Å². The van der Waals surface area contributed by atoms with Gasteiger partial charge in [-0.05, 0) is 54.5 Å². The molecule has 0 spiro atoms. The third kappa shape index (κ3) is 5.63. The second kappa shape index (κ2) is 10.8. The number of aromatic nitrogens is 1. The SMILES string of the molecule is B[C@@](Nc1cc(C)c2ncc(C#N)c(NCC(C)(C)C)c2c1)(C1=CN(CCC=C)NN1)c1ccccc1C. The lowest BCUT2D eigenvalue weighted by Crippen LogP contribution is -2.45. The number of hydrazine groups is 2. The summed E-state index contributed by atoms with van der Waals surface area (Å²) in [6, 6.07) is 15.0. The minimum Gasteiger partial charge on any atom is -0.383 e. The Morgan fingerprint density at radius 3 is 2.63 bits per heavy atom. The molecule has 7 nitrogen and oxygen atoms in total. The summed E-state index contributed by atoms with van der Waals surface area (Å²) in [4.78, 5) is 4.64. The van der Waals surface area contributed by atoms with Gasteiger partial charge in [0.2, 0.25) is 0 Å². The van der Waals surface area contributed by atoms with Gasteiger partial charge in [-0.25, -0.2) is 0 Å². The molecule has 8 heteroatoms. The average molecular weight is 507 g/mol. The molecule has 1 aliphatic heterocycles. The molecule has 2 aromatic carbocycles. The molecule has 196 valence electrons. The minimum atomic E-state index is -0.569. The van der Waals surface area contributed by atoms with Crippen molar-refractivity contribution in [2.24, 2.45) is 5.41 Å². The maximum absolute atomic E-state index is 9.86. The molecule has 0 radical (unpaired) electrons. The summed E-state index contributed by atoms with van der Waals surface area (Å²) in [6.07, 6.45) is 6.57. The summed E-state index contributed by atoms with van der Waals surface area (Å²) in [5.74, 6) is 0. The predicted octanol–water partition coefficient (Wildman–Crippen LogP) is 4.82. The van der Waals surface area contributed by atoms with Gasteiger partial charge in [0.25, 0.3) is 0 Å². The van der Waals surface area contributed by atoms with Gasteiger partial charge in [0.15, 0.2) is 0 Å². The topological polar surface area (TPSA) is 88.0 Å². The summed E-state index contributed by atoms with van der Waals surface area (Å²) in [5.41, 5.74) is 13.8. The van der Waals surface area contributed by atoms with E-state index in [0.717, 1.165) is 53.0 Å². The fraction of sp³-hybridized carbons (Fsp3) is 0.333. The number of nitrogens with one attached hydrogen (secondary N) is 4. The van der Waals surface area contributed by atoms with E-state index in [1.54, 1.807) is 6.20 Å². The average Bonchev–Trinajstić information content (AvgIpc) is 3.35. The Hall–Kier alpha value is -3.96. The first-order valence-electron chi connectivity index (χ1n) is 13.1. The van der Waals surface area contributed by atoms with E-state index in [-0.39, 0.29) is 5.41 Å². The van der Waals surface area contributed by atoms with Crippen LogP contribution in [0.3, 0.4) is 0 Å². The Labute approximate surface area is 227 Å². The number of nitrogens with zero attached hydrogens (tertiary/aromatic N) is 3. The minimum absolute atomic E-state index is 0.0573. The summed E-state index contributed by atoms with van der Waals surface area (Å²) >= 11 is 0. The molecule has 0 aliphatic carbocycles. The highest BCUT2D eigenvalue weighted by Gasteiger charge is 2.35. The van der Waals surface area contributed by atoms with Crippen LogP contribution in [0.2, 0.25) is 0 Å². The van der Waals surface area contributed by atoms with E-state index in [4.69, 9.17) is 0 Å². The predicted molar refractivity (Wildman–Crippen MR) is 160 cm³/mol. The van der Waals surface area contributed by atoms with Gasteiger partial charge in [0.05, 0.1) is 27.9 Å². The third-order valence-electron chi connectivity index (χ3n) is 6.89. The van der Waals surface area contributed by atoms with Crippen LogP contribution in [0, 0.1) is 30.6 Å². The first kappa shape index (κ1) is 27.1. The van der Waals surface area contributed by atoms with E-state index < -0.39 is 5.44 Å². The molecule has 4 rings (SSSR count). The van der Waals surface area contributed by atoms with E-state index >= 15 is 0 Å². The van der Waals surface area contributed by atoms with Crippen LogP contribution >= 0.6 is 0 Å². The molecule has 0 saturated heterocycles. The molecule has 1 aliphatic rings. The van der Waals surface area contributed by atoms with Gasteiger partial charge in [-0.15, -0.1) is 12.1 Å². The number of benzene rings is 2. The summed E-state index contributed by atoms with van der Waals surface area (Å²) in [6.45, 7) is 16.1. The molecule has 4 N–H and O–H groups in total. The molecule has 2 heterocycles. The molecule has 0 unspecified atom stereocenters. The lowest BCUT2D eigenvalue weighted by Gasteiger charge is -2.35. The molecule has 0 saturated carbocycles. The van der Waals surface area contributed by atoms with Crippen LogP contribution in [0.5, 0.6) is 0 Å². The number of anilines is 2. The van der Waals surface area contributed by atoms with Crippen molar-refractivity contribution < 1.29 is 0 Å². The first-order chi connectivity index (χ1) is 18.1. The van der Waals surface area contributed by atoms with Crippen molar-refractivity contribution in [1.82, 2.24) is 21.0 Å². The standard InChI is InChI=1S/C30H38BN7/c1-7-8-13-38-18-26(36-37-38)30(31,25-12-10-9-11-20(25)2)35-23-14-21(3)27-24(15-23)28(22(16-32)17-33-27)34-19-29(4,5)6/h7,9-12,14-15,17-18,35-37H,1,8,13,19,31H2,2-6H3,(H,33,34)/t30-/m0/s1.